The van der Waals surface area contributed by atoms with Crippen LogP contribution in [0.25, 0.3) is 0 Å². The van der Waals surface area contributed by atoms with Crippen LogP contribution in [0.1, 0.15) is 46.0 Å². The summed E-state index contributed by atoms with van der Waals surface area (Å²) in [5, 5.41) is 3.75. The van der Waals surface area contributed by atoms with Crippen molar-refractivity contribution in [1.82, 2.24) is 5.16 Å². The van der Waals surface area contributed by atoms with Crippen molar-refractivity contribution in [3.63, 3.8) is 0 Å². The van der Waals surface area contributed by atoms with E-state index in [9.17, 15) is 13.2 Å². The monoisotopic (exact) mass is 383 g/mol. The molecule has 116 valence electrons. The van der Waals surface area contributed by atoms with Crippen LogP contribution in [0.3, 0.4) is 0 Å². The summed E-state index contributed by atoms with van der Waals surface area (Å²) in [5.41, 5.74) is 1.70. The number of nitrogens with zero attached hydrogens (tertiary/aromatic N) is 1. The van der Waals surface area contributed by atoms with E-state index in [-0.39, 0.29) is 17.5 Å². The standard InChI is InChI=1S/C15H14BrNO4S/c16-11-3-4-12(10(7-11)5-6-22(19)20)14(18)13-8-17-21-15(13)9-1-2-9/h3-4,7-9,22H,1-2,5-6H2. The number of benzene rings is 1. The number of hydrogen-bond acceptors (Lipinski definition) is 5. The van der Waals surface area contributed by atoms with Gasteiger partial charge in [0.2, 0.25) is 0 Å². The Balaban J connectivity index is 1.95. The van der Waals surface area contributed by atoms with E-state index in [4.69, 9.17) is 4.52 Å². The lowest BCUT2D eigenvalue weighted by Gasteiger charge is -2.08. The molecule has 1 aromatic carbocycles. The highest BCUT2D eigenvalue weighted by Gasteiger charge is 2.33. The number of aromatic nitrogens is 1. The van der Waals surface area contributed by atoms with E-state index in [0.717, 1.165) is 17.3 Å². The van der Waals surface area contributed by atoms with Crippen molar-refractivity contribution in [1.29, 1.82) is 0 Å². The van der Waals surface area contributed by atoms with Crippen LogP contribution in [0.2, 0.25) is 0 Å². The van der Waals surface area contributed by atoms with Crippen LogP contribution >= 0.6 is 15.9 Å². The second-order valence-corrected chi connectivity index (χ2v) is 7.34. The summed E-state index contributed by atoms with van der Waals surface area (Å²) < 4.78 is 27.7. The fourth-order valence-corrected chi connectivity index (χ4v) is 3.24. The molecule has 22 heavy (non-hydrogen) atoms. The van der Waals surface area contributed by atoms with E-state index in [1.807, 2.05) is 0 Å². The van der Waals surface area contributed by atoms with Crippen LogP contribution in [-0.4, -0.2) is 25.1 Å². The van der Waals surface area contributed by atoms with E-state index in [0.29, 0.717) is 28.9 Å². The van der Waals surface area contributed by atoms with E-state index < -0.39 is 10.7 Å². The number of hydrogen-bond donors (Lipinski definition) is 1. The Morgan fingerprint density at radius 2 is 2.09 bits per heavy atom. The molecule has 1 aliphatic carbocycles. The van der Waals surface area contributed by atoms with Gasteiger partial charge in [0.25, 0.3) is 0 Å². The molecule has 5 nitrogen and oxygen atoms in total. The highest BCUT2D eigenvalue weighted by atomic mass is 79.9. The van der Waals surface area contributed by atoms with Gasteiger partial charge in [0.05, 0.1) is 17.5 Å². The Bertz CT molecular complexity index is 785. The molecule has 0 unspecified atom stereocenters. The van der Waals surface area contributed by atoms with E-state index >= 15 is 0 Å². The Morgan fingerprint density at radius 1 is 1.32 bits per heavy atom. The second-order valence-electron chi connectivity index (χ2n) is 5.31. The second kappa shape index (κ2) is 6.34. The minimum atomic E-state index is -2.47. The molecule has 1 aliphatic rings. The number of carbonyl (C=O) groups is 1. The maximum atomic E-state index is 12.8. The van der Waals surface area contributed by atoms with Crippen LogP contribution in [0.5, 0.6) is 0 Å². The lowest BCUT2D eigenvalue weighted by Crippen LogP contribution is -2.08. The molecule has 0 N–H and O–H groups in total. The van der Waals surface area contributed by atoms with Gasteiger partial charge in [0, 0.05) is 16.0 Å². The molecule has 7 heteroatoms. The van der Waals surface area contributed by atoms with E-state index in [1.165, 1.54) is 6.20 Å². The first-order chi connectivity index (χ1) is 10.6. The molecule has 2 aromatic rings. The van der Waals surface area contributed by atoms with Gasteiger partial charge in [-0.15, -0.1) is 0 Å². The summed E-state index contributed by atoms with van der Waals surface area (Å²) in [5.74, 6) is 0.794. The summed E-state index contributed by atoms with van der Waals surface area (Å²) in [4.78, 5) is 12.8. The highest BCUT2D eigenvalue weighted by Crippen LogP contribution is 2.42. The van der Waals surface area contributed by atoms with Crippen molar-refractivity contribution >= 4 is 32.4 Å². The van der Waals surface area contributed by atoms with Crippen molar-refractivity contribution in [2.45, 2.75) is 25.2 Å². The van der Waals surface area contributed by atoms with Gasteiger partial charge in [-0.25, -0.2) is 8.42 Å². The van der Waals surface area contributed by atoms with Crippen LogP contribution in [-0.2, 0) is 17.1 Å². The van der Waals surface area contributed by atoms with Crippen LogP contribution in [0.15, 0.2) is 33.4 Å². The zero-order chi connectivity index (χ0) is 15.7. The summed E-state index contributed by atoms with van der Waals surface area (Å²) in [6, 6.07) is 5.28. The molecule has 1 aromatic heterocycles. The SMILES string of the molecule is O=C(c1ccc(Br)cc1CC[SH](=O)=O)c1cnoc1C1CC1. The summed E-state index contributed by atoms with van der Waals surface area (Å²) in [7, 11) is -2.47. The average molecular weight is 384 g/mol. The number of thiol groups is 1. The van der Waals surface area contributed by atoms with Gasteiger partial charge < -0.3 is 4.52 Å². The topological polar surface area (TPSA) is 77.2 Å². The molecule has 3 rings (SSSR count). The number of carbonyl (C=O) groups excluding carboxylic acids is 1. The molecule has 1 heterocycles. The van der Waals surface area contributed by atoms with Gasteiger partial charge in [0.15, 0.2) is 11.5 Å². The number of rotatable bonds is 6. The molecule has 0 atom stereocenters. The lowest BCUT2D eigenvalue weighted by molar-refractivity contribution is 0.103. The van der Waals surface area contributed by atoms with Crippen molar-refractivity contribution in [3.05, 3.63) is 51.3 Å². The normalized spacial score (nSPS) is 14.5. The third kappa shape index (κ3) is 3.30. The van der Waals surface area contributed by atoms with Crippen molar-refractivity contribution in [2.24, 2.45) is 0 Å². The molecule has 0 saturated heterocycles. The predicted molar refractivity (Wildman–Crippen MR) is 84.9 cm³/mol. The van der Waals surface area contributed by atoms with Crippen LogP contribution in [0.4, 0.5) is 0 Å². The van der Waals surface area contributed by atoms with Gasteiger partial charge >= 0.3 is 0 Å². The minimum absolute atomic E-state index is 0.0190. The molecule has 0 radical (unpaired) electrons. The van der Waals surface area contributed by atoms with Crippen molar-refractivity contribution < 1.29 is 17.7 Å². The van der Waals surface area contributed by atoms with Gasteiger partial charge in [-0.1, -0.05) is 21.1 Å². The van der Waals surface area contributed by atoms with Crippen LogP contribution in [0, 0.1) is 0 Å². The lowest BCUT2D eigenvalue weighted by atomic mass is 9.96. The molecule has 0 spiro atoms. The fourth-order valence-electron chi connectivity index (χ4n) is 2.41. The maximum Gasteiger partial charge on any atom is 0.198 e. The summed E-state index contributed by atoms with van der Waals surface area (Å²) >= 11 is 3.36. The Kier molecular flexibility index (Phi) is 4.44. The van der Waals surface area contributed by atoms with Gasteiger partial charge in [0.1, 0.15) is 10.7 Å². The van der Waals surface area contributed by atoms with Gasteiger partial charge in [-0.05, 0) is 43.0 Å². The molecule has 0 amide bonds. The first-order valence-electron chi connectivity index (χ1n) is 6.95. The zero-order valence-electron chi connectivity index (χ0n) is 11.6. The summed E-state index contributed by atoms with van der Waals surface area (Å²) in [6.45, 7) is 0. The van der Waals surface area contributed by atoms with Crippen molar-refractivity contribution in [2.75, 3.05) is 5.75 Å². The zero-order valence-corrected chi connectivity index (χ0v) is 14.1. The average Bonchev–Trinajstić information content (AvgIpc) is 3.21. The number of aryl methyl sites for hydroxylation is 1. The molecular weight excluding hydrogens is 370 g/mol. The Labute approximate surface area is 137 Å². The molecular formula is C15H14BrNO4S. The van der Waals surface area contributed by atoms with E-state index in [1.54, 1.807) is 18.2 Å². The Morgan fingerprint density at radius 3 is 2.77 bits per heavy atom. The minimum Gasteiger partial charge on any atom is -0.360 e. The molecule has 0 bridgehead atoms. The molecule has 1 saturated carbocycles. The third-order valence-corrected chi connectivity index (χ3v) is 4.75. The first kappa shape index (κ1) is 15.4. The highest BCUT2D eigenvalue weighted by molar-refractivity contribution is 9.10. The quantitative estimate of drug-likeness (QED) is 0.612. The van der Waals surface area contributed by atoms with Gasteiger partial charge in [-0.2, -0.15) is 0 Å². The maximum absolute atomic E-state index is 12.8. The van der Waals surface area contributed by atoms with Crippen LogP contribution < -0.4 is 0 Å². The molecule has 0 aliphatic heterocycles. The fraction of sp³-hybridized carbons (Fsp3) is 0.333. The molecule has 1 fully saturated rings. The Hall–Kier alpha value is -1.47. The summed E-state index contributed by atoms with van der Waals surface area (Å²) in [6.07, 6.45) is 3.79. The number of halogens is 1. The first-order valence-corrected chi connectivity index (χ1v) is 9.11. The largest absolute Gasteiger partial charge is 0.360 e. The smallest absolute Gasteiger partial charge is 0.198 e. The van der Waals surface area contributed by atoms with E-state index in [2.05, 4.69) is 21.1 Å². The van der Waals surface area contributed by atoms with Crippen molar-refractivity contribution in [3.8, 4) is 0 Å². The van der Waals surface area contributed by atoms with Gasteiger partial charge in [-0.3, -0.25) is 4.79 Å². The third-order valence-electron chi connectivity index (χ3n) is 3.67. The predicted octanol–water partition coefficient (Wildman–Crippen LogP) is 2.70. The number of ketones is 1.